The lowest BCUT2D eigenvalue weighted by Crippen LogP contribution is -2.31. The average Bonchev–Trinajstić information content (AvgIpc) is 2.89. The molecule has 1 aromatic carbocycles. The Morgan fingerprint density at radius 2 is 1.88 bits per heavy atom. The number of aromatic nitrogens is 3. The summed E-state index contributed by atoms with van der Waals surface area (Å²) in [5.74, 6) is 0.414. The van der Waals surface area contributed by atoms with Crippen LogP contribution < -0.4 is 9.80 Å². The summed E-state index contributed by atoms with van der Waals surface area (Å²) in [4.78, 5) is 8.62. The van der Waals surface area contributed by atoms with Gasteiger partial charge in [-0.1, -0.05) is 0 Å². The molecule has 3 heterocycles. The minimum absolute atomic E-state index is 0.305. The number of nitrogens with zero attached hydrogens (tertiary/aromatic N) is 6. The molecule has 1 saturated heterocycles. The molecule has 0 amide bonds. The first-order valence-corrected chi connectivity index (χ1v) is 8.03. The van der Waals surface area contributed by atoms with Gasteiger partial charge < -0.3 is 14.2 Å². The molecular weight excluding hydrogens is 323 g/mol. The number of anilines is 2. The summed E-state index contributed by atoms with van der Waals surface area (Å²) < 4.78 is 19.0. The van der Waals surface area contributed by atoms with Crippen molar-refractivity contribution in [2.24, 2.45) is 0 Å². The Kier molecular flexibility index (Phi) is 3.90. The highest BCUT2D eigenvalue weighted by Gasteiger charge is 2.20. The van der Waals surface area contributed by atoms with Gasteiger partial charge in [-0.2, -0.15) is 10.2 Å². The van der Waals surface area contributed by atoms with Crippen molar-refractivity contribution in [3.63, 3.8) is 0 Å². The van der Waals surface area contributed by atoms with Gasteiger partial charge in [-0.25, -0.2) is 4.39 Å². The zero-order chi connectivity index (χ0) is 17.2. The van der Waals surface area contributed by atoms with Gasteiger partial charge in [0.25, 0.3) is 6.01 Å². The van der Waals surface area contributed by atoms with Crippen LogP contribution in [0.1, 0.15) is 12.1 Å². The molecule has 0 N–H and O–H groups in total. The van der Waals surface area contributed by atoms with Gasteiger partial charge in [0, 0.05) is 32.2 Å². The fourth-order valence-electron chi connectivity index (χ4n) is 2.91. The van der Waals surface area contributed by atoms with E-state index in [9.17, 15) is 4.39 Å². The number of rotatable bonds is 2. The molecule has 25 heavy (non-hydrogen) atoms. The molecule has 0 bridgehead atoms. The molecule has 0 atom stereocenters. The molecule has 0 radical (unpaired) electrons. The van der Waals surface area contributed by atoms with Gasteiger partial charge in [-0.15, -0.1) is 10.2 Å². The lowest BCUT2D eigenvalue weighted by atomic mass is 10.3. The minimum atomic E-state index is -0.336. The average molecular weight is 338 g/mol. The fourth-order valence-corrected chi connectivity index (χ4v) is 2.91. The molecule has 7 nitrogen and oxygen atoms in total. The summed E-state index contributed by atoms with van der Waals surface area (Å²) >= 11 is 0. The number of benzene rings is 1. The maximum atomic E-state index is 13.3. The quantitative estimate of drug-likeness (QED) is 0.709. The summed E-state index contributed by atoms with van der Waals surface area (Å²) in [6, 6.07) is 10.3. The van der Waals surface area contributed by atoms with E-state index in [4.69, 9.17) is 9.68 Å². The molecule has 0 aliphatic carbocycles. The van der Waals surface area contributed by atoms with Gasteiger partial charge in [0.15, 0.2) is 17.1 Å². The van der Waals surface area contributed by atoms with Crippen LogP contribution in [0.5, 0.6) is 0 Å². The lowest BCUT2D eigenvalue weighted by molar-refractivity contribution is 0.566. The Bertz CT molecular complexity index is 932. The van der Waals surface area contributed by atoms with Crippen LogP contribution in [0.2, 0.25) is 0 Å². The minimum Gasteiger partial charge on any atom is -0.423 e. The molecule has 1 fully saturated rings. The van der Waals surface area contributed by atoms with Gasteiger partial charge in [0.05, 0.1) is 0 Å². The number of hydrogen-bond acceptors (Lipinski definition) is 7. The van der Waals surface area contributed by atoms with E-state index >= 15 is 0 Å². The zero-order valence-corrected chi connectivity index (χ0v) is 13.4. The molecule has 8 heteroatoms. The Balaban J connectivity index is 1.51. The van der Waals surface area contributed by atoms with Crippen LogP contribution in [0.3, 0.4) is 0 Å². The van der Waals surface area contributed by atoms with E-state index in [0.717, 1.165) is 31.9 Å². The van der Waals surface area contributed by atoms with Gasteiger partial charge >= 0.3 is 0 Å². The van der Waals surface area contributed by atoms with Gasteiger partial charge in [0.2, 0.25) is 0 Å². The van der Waals surface area contributed by atoms with Crippen molar-refractivity contribution in [1.29, 1.82) is 5.26 Å². The number of fused-ring (bicyclic) bond motifs is 1. The fraction of sp³-hybridized carbons (Fsp3) is 0.294. The van der Waals surface area contributed by atoms with E-state index in [2.05, 4.69) is 25.0 Å². The van der Waals surface area contributed by atoms with Crippen LogP contribution in [0.25, 0.3) is 11.1 Å². The molecular formula is C17H15FN6O. The van der Waals surface area contributed by atoms with Crippen molar-refractivity contribution in [3.8, 4) is 6.07 Å². The smallest absolute Gasteiger partial charge is 0.298 e. The molecule has 3 aromatic rings. The maximum absolute atomic E-state index is 13.3. The van der Waals surface area contributed by atoms with Crippen LogP contribution in [-0.4, -0.2) is 41.4 Å². The Morgan fingerprint density at radius 1 is 1.04 bits per heavy atom. The largest absolute Gasteiger partial charge is 0.423 e. The standard InChI is InChI=1S/C17H15FN6O/c18-12-2-4-14-15(10-12)25-17(20-14)24-7-1-6-23(8-9-24)16-5-3-13(11-19)21-22-16/h2-5,10H,1,6-9H2. The summed E-state index contributed by atoms with van der Waals surface area (Å²) in [5, 5.41) is 16.8. The first-order valence-electron chi connectivity index (χ1n) is 8.03. The van der Waals surface area contributed by atoms with E-state index in [-0.39, 0.29) is 5.82 Å². The number of halogens is 1. The second-order valence-corrected chi connectivity index (χ2v) is 5.82. The van der Waals surface area contributed by atoms with E-state index in [1.807, 2.05) is 12.1 Å². The summed E-state index contributed by atoms with van der Waals surface area (Å²) in [5.41, 5.74) is 1.41. The predicted octanol–water partition coefficient (Wildman–Crippen LogP) is 2.35. The SMILES string of the molecule is N#Cc1ccc(N2CCCN(c3nc4ccc(F)cc4o3)CC2)nn1. The Morgan fingerprint density at radius 3 is 2.68 bits per heavy atom. The van der Waals surface area contributed by atoms with Gasteiger partial charge in [-0.05, 0) is 30.7 Å². The van der Waals surface area contributed by atoms with Crippen molar-refractivity contribution in [2.75, 3.05) is 36.0 Å². The monoisotopic (exact) mass is 338 g/mol. The summed E-state index contributed by atoms with van der Waals surface area (Å²) in [6.45, 7) is 3.05. The Hall–Kier alpha value is -3.21. The third-order valence-corrected chi connectivity index (χ3v) is 4.19. The third kappa shape index (κ3) is 3.08. The van der Waals surface area contributed by atoms with Gasteiger partial charge in [-0.3, -0.25) is 0 Å². The zero-order valence-electron chi connectivity index (χ0n) is 13.4. The summed E-state index contributed by atoms with van der Waals surface area (Å²) in [6.07, 6.45) is 0.898. The molecule has 1 aliphatic rings. The first kappa shape index (κ1) is 15.3. The lowest BCUT2D eigenvalue weighted by Gasteiger charge is -2.21. The molecule has 4 rings (SSSR count). The highest BCUT2D eigenvalue weighted by atomic mass is 19.1. The van der Waals surface area contributed by atoms with Crippen LogP contribution in [0, 0.1) is 17.1 Å². The summed E-state index contributed by atoms with van der Waals surface area (Å²) in [7, 11) is 0. The van der Waals surface area contributed by atoms with Crippen LogP contribution >= 0.6 is 0 Å². The highest BCUT2D eigenvalue weighted by molar-refractivity contribution is 5.74. The third-order valence-electron chi connectivity index (χ3n) is 4.19. The van der Waals surface area contributed by atoms with Gasteiger partial charge in [0.1, 0.15) is 17.4 Å². The number of nitriles is 1. The normalized spacial score (nSPS) is 15.2. The first-order chi connectivity index (χ1) is 12.2. The van der Waals surface area contributed by atoms with E-state index in [1.54, 1.807) is 12.1 Å². The molecule has 0 unspecified atom stereocenters. The highest BCUT2D eigenvalue weighted by Crippen LogP contribution is 2.24. The maximum Gasteiger partial charge on any atom is 0.298 e. The topological polar surface area (TPSA) is 82.1 Å². The number of oxazole rings is 1. The second kappa shape index (κ2) is 6.36. The molecule has 2 aromatic heterocycles. The van der Waals surface area contributed by atoms with Crippen molar-refractivity contribution < 1.29 is 8.81 Å². The van der Waals surface area contributed by atoms with Crippen LogP contribution in [-0.2, 0) is 0 Å². The molecule has 1 aliphatic heterocycles. The van der Waals surface area contributed by atoms with Crippen molar-refractivity contribution in [3.05, 3.63) is 41.8 Å². The molecule has 0 saturated carbocycles. The predicted molar refractivity (Wildman–Crippen MR) is 89.8 cm³/mol. The second-order valence-electron chi connectivity index (χ2n) is 5.82. The van der Waals surface area contributed by atoms with E-state index in [1.165, 1.54) is 12.1 Å². The van der Waals surface area contributed by atoms with Crippen molar-refractivity contribution in [2.45, 2.75) is 6.42 Å². The van der Waals surface area contributed by atoms with Crippen LogP contribution in [0.4, 0.5) is 16.2 Å². The van der Waals surface area contributed by atoms with Crippen LogP contribution in [0.15, 0.2) is 34.7 Å². The van der Waals surface area contributed by atoms with Crippen molar-refractivity contribution >= 4 is 22.9 Å². The number of hydrogen-bond donors (Lipinski definition) is 0. The Labute approximate surface area is 143 Å². The molecule has 0 spiro atoms. The van der Waals surface area contributed by atoms with Crippen molar-refractivity contribution in [1.82, 2.24) is 15.2 Å². The van der Waals surface area contributed by atoms with E-state index in [0.29, 0.717) is 29.4 Å². The van der Waals surface area contributed by atoms with E-state index < -0.39 is 0 Å². The molecule has 126 valence electrons.